The van der Waals surface area contributed by atoms with E-state index in [-0.39, 0.29) is 12.2 Å². The minimum Gasteiger partial charge on any atom is -0.367 e. The Morgan fingerprint density at radius 1 is 1.23 bits per heavy atom. The number of nitrogens with one attached hydrogen (secondary N) is 3. The van der Waals surface area contributed by atoms with Crippen LogP contribution in [0.1, 0.15) is 6.92 Å². The predicted molar refractivity (Wildman–Crippen MR) is 96.8 cm³/mol. The van der Waals surface area contributed by atoms with Gasteiger partial charge in [0.2, 0.25) is 5.95 Å². The third-order valence-electron chi connectivity index (χ3n) is 4.41. The SMILES string of the molecule is CON1CC(C)N(Nc2ncncn2)C(Nc2ccc3[nH]ncc3c2)C1. The number of nitrogens with zero attached hydrogens (tertiary/aromatic N) is 6. The van der Waals surface area contributed by atoms with Crippen molar-refractivity contribution in [1.29, 1.82) is 0 Å². The van der Waals surface area contributed by atoms with Crippen LogP contribution in [0, 0.1) is 0 Å². The van der Waals surface area contributed by atoms with E-state index in [1.54, 1.807) is 7.11 Å². The minimum atomic E-state index is -0.0557. The summed E-state index contributed by atoms with van der Waals surface area (Å²) >= 11 is 0. The molecule has 0 saturated carbocycles. The van der Waals surface area contributed by atoms with E-state index in [0.717, 1.165) is 23.1 Å². The maximum atomic E-state index is 5.47. The Morgan fingerprint density at radius 2 is 2.08 bits per heavy atom. The molecule has 2 unspecified atom stereocenters. The summed E-state index contributed by atoms with van der Waals surface area (Å²) in [5.41, 5.74) is 5.29. The van der Waals surface area contributed by atoms with Crippen molar-refractivity contribution in [3.8, 4) is 0 Å². The van der Waals surface area contributed by atoms with Gasteiger partial charge >= 0.3 is 0 Å². The van der Waals surface area contributed by atoms with Crippen LogP contribution in [0.2, 0.25) is 0 Å². The van der Waals surface area contributed by atoms with Gasteiger partial charge in [0.15, 0.2) is 0 Å². The normalized spacial score (nSPS) is 21.8. The molecule has 2 atom stereocenters. The van der Waals surface area contributed by atoms with Crippen molar-refractivity contribution in [2.24, 2.45) is 0 Å². The number of hydrazine groups is 1. The second-order valence-corrected chi connectivity index (χ2v) is 6.19. The lowest BCUT2D eigenvalue weighted by Crippen LogP contribution is -2.62. The Bertz CT molecular complexity index is 855. The summed E-state index contributed by atoms with van der Waals surface area (Å²) in [4.78, 5) is 17.7. The van der Waals surface area contributed by atoms with E-state index in [4.69, 9.17) is 4.84 Å². The van der Waals surface area contributed by atoms with Crippen molar-refractivity contribution >= 4 is 22.5 Å². The van der Waals surface area contributed by atoms with Gasteiger partial charge in [-0.1, -0.05) is 0 Å². The number of piperazine rings is 1. The van der Waals surface area contributed by atoms with Crippen LogP contribution in [0.4, 0.5) is 11.6 Å². The topological polar surface area (TPSA) is 107 Å². The summed E-state index contributed by atoms with van der Waals surface area (Å²) in [5.74, 6) is 0.509. The van der Waals surface area contributed by atoms with Crippen molar-refractivity contribution in [3.05, 3.63) is 37.1 Å². The molecule has 26 heavy (non-hydrogen) atoms. The fourth-order valence-electron chi connectivity index (χ4n) is 3.13. The summed E-state index contributed by atoms with van der Waals surface area (Å²) in [5, 5.41) is 15.7. The summed E-state index contributed by atoms with van der Waals surface area (Å²) in [6.07, 6.45) is 4.70. The van der Waals surface area contributed by atoms with Gasteiger partial charge in [-0.2, -0.15) is 15.2 Å². The molecule has 0 amide bonds. The van der Waals surface area contributed by atoms with E-state index in [0.29, 0.717) is 12.5 Å². The first-order valence-electron chi connectivity index (χ1n) is 8.38. The fourth-order valence-corrected chi connectivity index (χ4v) is 3.13. The Labute approximate surface area is 150 Å². The number of hydrogen-bond donors (Lipinski definition) is 3. The van der Waals surface area contributed by atoms with E-state index in [9.17, 15) is 0 Å². The molecular formula is C16H21N9O. The summed E-state index contributed by atoms with van der Waals surface area (Å²) in [7, 11) is 1.69. The minimum absolute atomic E-state index is 0.0557. The molecule has 1 fully saturated rings. The maximum absolute atomic E-state index is 5.47. The van der Waals surface area contributed by atoms with Gasteiger partial charge in [0, 0.05) is 23.7 Å². The highest BCUT2D eigenvalue weighted by Crippen LogP contribution is 2.22. The van der Waals surface area contributed by atoms with Crippen LogP contribution in [0.15, 0.2) is 37.1 Å². The van der Waals surface area contributed by atoms with E-state index < -0.39 is 0 Å². The molecule has 1 aliphatic rings. The number of H-pyrrole nitrogens is 1. The largest absolute Gasteiger partial charge is 0.367 e. The van der Waals surface area contributed by atoms with E-state index in [1.807, 2.05) is 23.4 Å². The number of rotatable bonds is 5. The van der Waals surface area contributed by atoms with Crippen molar-refractivity contribution in [1.82, 2.24) is 35.2 Å². The second-order valence-electron chi connectivity index (χ2n) is 6.19. The van der Waals surface area contributed by atoms with Gasteiger partial charge in [0.05, 0.1) is 25.4 Å². The molecule has 10 heteroatoms. The Hall–Kier alpha value is -2.82. The zero-order chi connectivity index (χ0) is 17.9. The van der Waals surface area contributed by atoms with Crippen molar-refractivity contribution in [3.63, 3.8) is 0 Å². The van der Waals surface area contributed by atoms with Gasteiger partial charge in [-0.3, -0.25) is 10.5 Å². The maximum Gasteiger partial charge on any atom is 0.240 e. The zero-order valence-electron chi connectivity index (χ0n) is 14.6. The Balaban J connectivity index is 1.57. The summed E-state index contributed by atoms with van der Waals surface area (Å²) in [6, 6.07) is 6.26. The molecule has 1 aliphatic heterocycles. The lowest BCUT2D eigenvalue weighted by atomic mass is 10.2. The smallest absolute Gasteiger partial charge is 0.240 e. The van der Waals surface area contributed by atoms with Gasteiger partial charge in [-0.05, 0) is 25.1 Å². The van der Waals surface area contributed by atoms with Crippen molar-refractivity contribution in [2.75, 3.05) is 30.9 Å². The van der Waals surface area contributed by atoms with Crippen LogP contribution in [0.3, 0.4) is 0 Å². The Kier molecular flexibility index (Phi) is 4.61. The molecule has 3 aromatic rings. The van der Waals surface area contributed by atoms with Crippen molar-refractivity contribution < 1.29 is 4.84 Å². The van der Waals surface area contributed by atoms with Crippen molar-refractivity contribution in [2.45, 2.75) is 19.1 Å². The monoisotopic (exact) mass is 355 g/mol. The molecule has 3 heterocycles. The van der Waals surface area contributed by atoms with Gasteiger partial charge < -0.3 is 10.2 Å². The number of fused-ring (bicyclic) bond motifs is 1. The quantitative estimate of drug-likeness (QED) is 0.619. The molecule has 2 aromatic heterocycles. The predicted octanol–water partition coefficient (Wildman–Crippen LogP) is 1.08. The van der Waals surface area contributed by atoms with Crippen LogP contribution in [0.5, 0.6) is 0 Å². The average molecular weight is 355 g/mol. The molecule has 1 aromatic carbocycles. The number of anilines is 2. The molecule has 0 bridgehead atoms. The molecule has 4 rings (SSSR count). The van der Waals surface area contributed by atoms with Gasteiger partial charge in [0.25, 0.3) is 0 Å². The zero-order valence-corrected chi connectivity index (χ0v) is 14.6. The highest BCUT2D eigenvalue weighted by molar-refractivity contribution is 5.81. The summed E-state index contributed by atoms with van der Waals surface area (Å²) < 4.78 is 0. The van der Waals surface area contributed by atoms with Crippen LogP contribution < -0.4 is 10.7 Å². The molecule has 1 saturated heterocycles. The van der Waals surface area contributed by atoms with E-state index in [1.165, 1.54) is 12.7 Å². The number of aromatic amines is 1. The first-order chi connectivity index (χ1) is 12.7. The van der Waals surface area contributed by atoms with Crippen LogP contribution in [-0.4, -0.2) is 67.6 Å². The van der Waals surface area contributed by atoms with Crippen LogP contribution in [-0.2, 0) is 4.84 Å². The fraction of sp³-hybridized carbons (Fsp3) is 0.375. The Morgan fingerprint density at radius 3 is 2.88 bits per heavy atom. The van der Waals surface area contributed by atoms with Gasteiger partial charge in [-0.15, -0.1) is 0 Å². The van der Waals surface area contributed by atoms with E-state index >= 15 is 0 Å². The van der Waals surface area contributed by atoms with Crippen LogP contribution in [0.25, 0.3) is 10.9 Å². The number of aromatic nitrogens is 5. The first kappa shape index (κ1) is 16.6. The first-order valence-corrected chi connectivity index (χ1v) is 8.38. The van der Waals surface area contributed by atoms with Crippen LogP contribution >= 0.6 is 0 Å². The number of hydroxylamine groups is 2. The number of benzene rings is 1. The highest BCUT2D eigenvalue weighted by atomic mass is 16.7. The number of hydrogen-bond acceptors (Lipinski definition) is 9. The lowest BCUT2D eigenvalue weighted by Gasteiger charge is -2.44. The van der Waals surface area contributed by atoms with Gasteiger partial charge in [-0.25, -0.2) is 15.0 Å². The summed E-state index contributed by atoms with van der Waals surface area (Å²) in [6.45, 7) is 3.54. The van der Waals surface area contributed by atoms with Gasteiger partial charge in [0.1, 0.15) is 18.8 Å². The average Bonchev–Trinajstić information content (AvgIpc) is 3.13. The molecule has 0 radical (unpaired) electrons. The molecule has 3 N–H and O–H groups in total. The third-order valence-corrected chi connectivity index (χ3v) is 4.41. The van der Waals surface area contributed by atoms with E-state index in [2.05, 4.69) is 53.9 Å². The molecule has 136 valence electrons. The molecule has 0 aliphatic carbocycles. The molecular weight excluding hydrogens is 334 g/mol. The highest BCUT2D eigenvalue weighted by Gasteiger charge is 2.33. The second kappa shape index (κ2) is 7.20. The lowest BCUT2D eigenvalue weighted by molar-refractivity contribution is -0.171. The molecule has 0 spiro atoms. The third kappa shape index (κ3) is 3.43. The molecule has 10 nitrogen and oxygen atoms in total. The standard InChI is InChI=1S/C16H21N9O/c1-11-7-24(26-2)8-15(25(11)23-16-18-9-17-10-19-16)21-13-3-4-14-12(5-13)6-20-22-14/h3-6,9-11,15,21H,7-8H2,1-2H3,(H,20,22)(H,17,18,19,23).